The van der Waals surface area contributed by atoms with E-state index in [0.29, 0.717) is 6.04 Å². The van der Waals surface area contributed by atoms with Crippen molar-refractivity contribution in [1.29, 1.82) is 0 Å². The van der Waals surface area contributed by atoms with Gasteiger partial charge in [-0.05, 0) is 25.2 Å². The van der Waals surface area contributed by atoms with Gasteiger partial charge in [-0.15, -0.1) is 0 Å². The Bertz CT molecular complexity index is 179. The van der Waals surface area contributed by atoms with E-state index in [4.69, 9.17) is 0 Å². The lowest BCUT2D eigenvalue weighted by atomic mass is 9.98. The summed E-state index contributed by atoms with van der Waals surface area (Å²) in [5.41, 5.74) is 0. The normalized spacial score (nSPS) is 24.8. The first-order chi connectivity index (χ1) is 6.15. The van der Waals surface area contributed by atoms with Gasteiger partial charge in [0.15, 0.2) is 0 Å². The van der Waals surface area contributed by atoms with Crippen LogP contribution in [-0.4, -0.2) is 23.4 Å². The third-order valence-electron chi connectivity index (χ3n) is 3.15. The molecule has 13 heavy (non-hydrogen) atoms. The molecule has 76 valence electrons. The Morgan fingerprint density at radius 2 is 2.31 bits per heavy atom. The SMILES string of the molecule is CCC(C)CC1CCCN1C(C)=O. The number of nitrogens with zero attached hydrogens (tertiary/aromatic N) is 1. The largest absolute Gasteiger partial charge is 0.340 e. The van der Waals surface area contributed by atoms with E-state index in [1.807, 2.05) is 4.90 Å². The minimum Gasteiger partial charge on any atom is -0.340 e. The highest BCUT2D eigenvalue weighted by Gasteiger charge is 2.26. The van der Waals surface area contributed by atoms with Gasteiger partial charge in [-0.3, -0.25) is 4.79 Å². The lowest BCUT2D eigenvalue weighted by Gasteiger charge is -2.25. The quantitative estimate of drug-likeness (QED) is 0.658. The van der Waals surface area contributed by atoms with Gasteiger partial charge >= 0.3 is 0 Å². The van der Waals surface area contributed by atoms with Crippen molar-refractivity contribution >= 4 is 5.91 Å². The Labute approximate surface area is 81.3 Å². The van der Waals surface area contributed by atoms with Gasteiger partial charge in [0, 0.05) is 19.5 Å². The van der Waals surface area contributed by atoms with Crippen molar-refractivity contribution in [2.75, 3.05) is 6.54 Å². The number of carbonyl (C=O) groups is 1. The molecule has 1 fully saturated rings. The van der Waals surface area contributed by atoms with Crippen LogP contribution in [0.15, 0.2) is 0 Å². The van der Waals surface area contributed by atoms with Gasteiger partial charge in [-0.25, -0.2) is 0 Å². The van der Waals surface area contributed by atoms with Crippen molar-refractivity contribution in [3.05, 3.63) is 0 Å². The molecular formula is C11H21NO. The maximum absolute atomic E-state index is 11.3. The third kappa shape index (κ3) is 2.71. The summed E-state index contributed by atoms with van der Waals surface area (Å²) in [6, 6.07) is 0.535. The Balaban J connectivity index is 2.44. The molecule has 2 atom stereocenters. The Morgan fingerprint density at radius 3 is 2.85 bits per heavy atom. The first kappa shape index (κ1) is 10.6. The van der Waals surface area contributed by atoms with E-state index in [1.54, 1.807) is 6.92 Å². The van der Waals surface area contributed by atoms with Crippen LogP contribution in [0, 0.1) is 5.92 Å². The lowest BCUT2D eigenvalue weighted by molar-refractivity contribution is -0.129. The molecule has 2 heteroatoms. The van der Waals surface area contributed by atoms with E-state index in [9.17, 15) is 4.79 Å². The number of rotatable bonds is 3. The number of carbonyl (C=O) groups excluding carboxylic acids is 1. The molecular weight excluding hydrogens is 162 g/mol. The van der Waals surface area contributed by atoms with Crippen LogP contribution in [0.25, 0.3) is 0 Å². The summed E-state index contributed by atoms with van der Waals surface area (Å²) in [5, 5.41) is 0. The zero-order valence-corrected chi connectivity index (χ0v) is 9.05. The second kappa shape index (κ2) is 4.64. The van der Waals surface area contributed by atoms with Gasteiger partial charge in [0.2, 0.25) is 5.91 Å². The molecule has 0 spiro atoms. The maximum Gasteiger partial charge on any atom is 0.219 e. The Morgan fingerprint density at radius 1 is 1.62 bits per heavy atom. The highest BCUT2D eigenvalue weighted by molar-refractivity contribution is 5.73. The van der Waals surface area contributed by atoms with Gasteiger partial charge in [0.25, 0.3) is 0 Å². The highest BCUT2D eigenvalue weighted by atomic mass is 16.2. The van der Waals surface area contributed by atoms with Gasteiger partial charge in [-0.1, -0.05) is 20.3 Å². The molecule has 0 saturated carbocycles. The molecule has 1 aliphatic heterocycles. The summed E-state index contributed by atoms with van der Waals surface area (Å²) in [7, 11) is 0. The van der Waals surface area contributed by atoms with Crippen molar-refractivity contribution in [2.45, 2.75) is 52.5 Å². The number of hydrogen-bond acceptors (Lipinski definition) is 1. The van der Waals surface area contributed by atoms with E-state index in [-0.39, 0.29) is 5.91 Å². The molecule has 0 bridgehead atoms. The van der Waals surface area contributed by atoms with E-state index >= 15 is 0 Å². The highest BCUT2D eigenvalue weighted by Crippen LogP contribution is 2.24. The molecule has 0 aromatic carbocycles. The molecule has 0 aromatic heterocycles. The zero-order valence-electron chi connectivity index (χ0n) is 9.05. The maximum atomic E-state index is 11.3. The molecule has 0 radical (unpaired) electrons. The first-order valence-corrected chi connectivity index (χ1v) is 5.42. The Hall–Kier alpha value is -0.530. The van der Waals surface area contributed by atoms with E-state index in [2.05, 4.69) is 13.8 Å². The molecule has 1 aliphatic rings. The second-order valence-corrected chi connectivity index (χ2v) is 4.26. The zero-order chi connectivity index (χ0) is 9.84. The van der Waals surface area contributed by atoms with Crippen LogP contribution in [0.4, 0.5) is 0 Å². The number of amides is 1. The fourth-order valence-electron chi connectivity index (χ4n) is 2.13. The van der Waals surface area contributed by atoms with Crippen LogP contribution in [0.5, 0.6) is 0 Å². The first-order valence-electron chi connectivity index (χ1n) is 5.42. The van der Waals surface area contributed by atoms with Crippen molar-refractivity contribution < 1.29 is 4.79 Å². The standard InChI is InChI=1S/C11H21NO/c1-4-9(2)8-11-6-5-7-12(11)10(3)13/h9,11H,4-8H2,1-3H3. The monoisotopic (exact) mass is 183 g/mol. The third-order valence-corrected chi connectivity index (χ3v) is 3.15. The summed E-state index contributed by atoms with van der Waals surface area (Å²) >= 11 is 0. The van der Waals surface area contributed by atoms with Crippen molar-refractivity contribution in [1.82, 2.24) is 4.90 Å². The smallest absolute Gasteiger partial charge is 0.219 e. The molecule has 2 unspecified atom stereocenters. The average molecular weight is 183 g/mol. The number of likely N-dealkylation sites (tertiary alicyclic amines) is 1. The van der Waals surface area contributed by atoms with Gasteiger partial charge < -0.3 is 4.90 Å². The van der Waals surface area contributed by atoms with Crippen molar-refractivity contribution in [3.63, 3.8) is 0 Å². The van der Waals surface area contributed by atoms with E-state index < -0.39 is 0 Å². The predicted octanol–water partition coefficient (Wildman–Crippen LogP) is 2.43. The van der Waals surface area contributed by atoms with Gasteiger partial charge in [0.05, 0.1) is 0 Å². The Kier molecular flexibility index (Phi) is 3.76. The van der Waals surface area contributed by atoms with Crippen molar-refractivity contribution in [2.24, 2.45) is 5.92 Å². The van der Waals surface area contributed by atoms with Crippen molar-refractivity contribution in [3.8, 4) is 0 Å². The van der Waals surface area contributed by atoms with Crippen LogP contribution >= 0.6 is 0 Å². The molecule has 1 rings (SSSR count). The minimum atomic E-state index is 0.255. The molecule has 0 N–H and O–H groups in total. The fourth-order valence-corrected chi connectivity index (χ4v) is 2.13. The van der Waals surface area contributed by atoms with Crippen LogP contribution < -0.4 is 0 Å². The summed E-state index contributed by atoms with van der Waals surface area (Å²) < 4.78 is 0. The average Bonchev–Trinajstić information content (AvgIpc) is 2.52. The minimum absolute atomic E-state index is 0.255. The lowest BCUT2D eigenvalue weighted by Crippen LogP contribution is -2.34. The topological polar surface area (TPSA) is 20.3 Å². The van der Waals surface area contributed by atoms with Crippen LogP contribution in [0.1, 0.15) is 46.5 Å². The summed E-state index contributed by atoms with van der Waals surface area (Å²) in [4.78, 5) is 13.3. The van der Waals surface area contributed by atoms with Gasteiger partial charge in [0.1, 0.15) is 0 Å². The van der Waals surface area contributed by atoms with E-state index in [1.165, 1.54) is 25.7 Å². The molecule has 1 amide bonds. The van der Waals surface area contributed by atoms with Crippen LogP contribution in [-0.2, 0) is 4.79 Å². The molecule has 2 nitrogen and oxygen atoms in total. The second-order valence-electron chi connectivity index (χ2n) is 4.26. The van der Waals surface area contributed by atoms with E-state index in [0.717, 1.165) is 12.5 Å². The summed E-state index contributed by atoms with van der Waals surface area (Å²) in [6.07, 6.45) is 4.82. The van der Waals surface area contributed by atoms with Gasteiger partial charge in [-0.2, -0.15) is 0 Å². The molecule has 1 saturated heterocycles. The predicted molar refractivity (Wildman–Crippen MR) is 54.5 cm³/mol. The van der Waals surface area contributed by atoms with Crippen LogP contribution in [0.2, 0.25) is 0 Å². The number of hydrogen-bond donors (Lipinski definition) is 0. The molecule has 0 aromatic rings. The summed E-state index contributed by atoms with van der Waals surface area (Å²) in [6.45, 7) is 7.17. The molecule has 1 heterocycles. The summed E-state index contributed by atoms with van der Waals surface area (Å²) in [5.74, 6) is 1.01. The fraction of sp³-hybridized carbons (Fsp3) is 0.909. The van der Waals surface area contributed by atoms with Crippen LogP contribution in [0.3, 0.4) is 0 Å². The molecule has 0 aliphatic carbocycles.